The zero-order valence-corrected chi connectivity index (χ0v) is 17.2. The third-order valence-electron chi connectivity index (χ3n) is 5.47. The predicted octanol–water partition coefficient (Wildman–Crippen LogP) is 1.53. The van der Waals surface area contributed by atoms with Crippen LogP contribution in [0.3, 0.4) is 0 Å². The number of phenols is 1. The molecule has 0 atom stereocenters. The molecule has 2 aliphatic rings. The van der Waals surface area contributed by atoms with E-state index in [1.807, 2.05) is 0 Å². The van der Waals surface area contributed by atoms with Crippen molar-refractivity contribution in [2.45, 2.75) is 6.42 Å². The van der Waals surface area contributed by atoms with Crippen molar-refractivity contribution in [3.8, 4) is 5.75 Å². The maximum absolute atomic E-state index is 12.9. The number of hydrogen-bond acceptors (Lipinski definition) is 5. The minimum Gasteiger partial charge on any atom is -0.507 e. The summed E-state index contributed by atoms with van der Waals surface area (Å²) in [5, 5.41) is 9.89. The number of aromatic hydroxyl groups is 1. The second-order valence-electron chi connectivity index (χ2n) is 7.39. The van der Waals surface area contributed by atoms with Gasteiger partial charge in [0.2, 0.25) is 10.0 Å². The Bertz CT molecular complexity index is 1080. The molecule has 0 aromatic heterocycles. The number of hydrogen-bond donors (Lipinski definition) is 1. The van der Waals surface area contributed by atoms with E-state index in [2.05, 4.69) is 0 Å². The van der Waals surface area contributed by atoms with Crippen molar-refractivity contribution in [2.24, 2.45) is 0 Å². The number of carbonyl (C=O) groups excluding carboxylic acids is 2. The van der Waals surface area contributed by atoms with Gasteiger partial charge in [-0.25, -0.2) is 8.42 Å². The molecule has 0 spiro atoms. The Morgan fingerprint density at radius 1 is 0.833 bits per heavy atom. The molecular formula is C21H23N3O5S. The van der Waals surface area contributed by atoms with Gasteiger partial charge in [-0.2, -0.15) is 0 Å². The average molecular weight is 429 g/mol. The van der Waals surface area contributed by atoms with Crippen LogP contribution in [0.4, 0.5) is 5.69 Å². The molecule has 2 fully saturated rings. The number of carbonyl (C=O) groups is 2. The molecule has 158 valence electrons. The van der Waals surface area contributed by atoms with Crippen molar-refractivity contribution in [1.29, 1.82) is 0 Å². The Hall–Kier alpha value is -3.07. The fourth-order valence-corrected chi connectivity index (χ4v) is 5.40. The maximum atomic E-state index is 12.9. The standard InChI is InChI=1S/C21H23N3O5S/c25-19-8-2-1-7-18(19)21(27)23-12-10-22(11-13-23)20(26)16-5-3-6-17(15-16)24-9-4-14-30(24,28)29/h1-3,5-8,15,25H,4,9-14H2. The molecule has 0 saturated carbocycles. The molecule has 2 aromatic carbocycles. The van der Waals surface area contributed by atoms with Crippen LogP contribution < -0.4 is 4.31 Å². The first-order valence-electron chi connectivity index (χ1n) is 9.84. The lowest BCUT2D eigenvalue weighted by Crippen LogP contribution is -2.50. The molecule has 2 heterocycles. The lowest BCUT2D eigenvalue weighted by Gasteiger charge is -2.35. The van der Waals surface area contributed by atoms with Crippen LogP contribution in [0.25, 0.3) is 0 Å². The number of amides is 2. The molecule has 0 unspecified atom stereocenters. The Morgan fingerprint density at radius 2 is 1.50 bits per heavy atom. The van der Waals surface area contributed by atoms with E-state index < -0.39 is 10.0 Å². The van der Waals surface area contributed by atoms with Gasteiger partial charge in [0.15, 0.2) is 0 Å². The van der Waals surface area contributed by atoms with Crippen molar-refractivity contribution in [3.63, 3.8) is 0 Å². The quantitative estimate of drug-likeness (QED) is 0.798. The van der Waals surface area contributed by atoms with E-state index in [0.29, 0.717) is 50.4 Å². The third kappa shape index (κ3) is 3.85. The fraction of sp³-hybridized carbons (Fsp3) is 0.333. The van der Waals surface area contributed by atoms with E-state index in [0.717, 1.165) is 0 Å². The van der Waals surface area contributed by atoms with Gasteiger partial charge >= 0.3 is 0 Å². The summed E-state index contributed by atoms with van der Waals surface area (Å²) in [5.41, 5.74) is 1.18. The second-order valence-corrected chi connectivity index (χ2v) is 9.41. The van der Waals surface area contributed by atoms with Gasteiger partial charge in [-0.15, -0.1) is 0 Å². The zero-order chi connectivity index (χ0) is 21.3. The molecule has 4 rings (SSSR count). The van der Waals surface area contributed by atoms with Gasteiger partial charge in [0, 0.05) is 38.3 Å². The largest absolute Gasteiger partial charge is 0.507 e. The number of sulfonamides is 1. The summed E-state index contributed by atoms with van der Waals surface area (Å²) < 4.78 is 25.7. The molecule has 2 aromatic rings. The van der Waals surface area contributed by atoms with Crippen molar-refractivity contribution in [3.05, 3.63) is 59.7 Å². The Balaban J connectivity index is 1.43. The van der Waals surface area contributed by atoms with Gasteiger partial charge in [0.25, 0.3) is 11.8 Å². The SMILES string of the molecule is O=C(c1cccc(N2CCCS2(=O)=O)c1)N1CCN(C(=O)c2ccccc2O)CC1. The van der Waals surface area contributed by atoms with E-state index in [4.69, 9.17) is 0 Å². The van der Waals surface area contributed by atoms with Gasteiger partial charge in [-0.1, -0.05) is 18.2 Å². The third-order valence-corrected chi connectivity index (χ3v) is 7.34. The van der Waals surface area contributed by atoms with Crippen molar-refractivity contribution in [2.75, 3.05) is 42.8 Å². The lowest BCUT2D eigenvalue weighted by atomic mass is 10.1. The van der Waals surface area contributed by atoms with E-state index in [1.54, 1.807) is 52.3 Å². The highest BCUT2D eigenvalue weighted by atomic mass is 32.2. The van der Waals surface area contributed by atoms with Gasteiger partial charge in [-0.05, 0) is 36.8 Å². The molecule has 9 heteroatoms. The summed E-state index contributed by atoms with van der Waals surface area (Å²) in [7, 11) is -3.31. The molecule has 0 aliphatic carbocycles. The maximum Gasteiger partial charge on any atom is 0.257 e. The molecule has 0 radical (unpaired) electrons. The number of rotatable bonds is 3. The van der Waals surface area contributed by atoms with E-state index >= 15 is 0 Å². The minimum atomic E-state index is -3.31. The average Bonchev–Trinajstić information content (AvgIpc) is 3.12. The molecule has 2 saturated heterocycles. The van der Waals surface area contributed by atoms with Gasteiger partial charge in [-0.3, -0.25) is 13.9 Å². The highest BCUT2D eigenvalue weighted by Crippen LogP contribution is 2.25. The smallest absolute Gasteiger partial charge is 0.257 e. The summed E-state index contributed by atoms with van der Waals surface area (Å²) in [6, 6.07) is 13.1. The molecular weight excluding hydrogens is 406 g/mol. The molecule has 2 amide bonds. The van der Waals surface area contributed by atoms with Gasteiger partial charge in [0.1, 0.15) is 5.75 Å². The monoisotopic (exact) mass is 429 g/mol. The highest BCUT2D eigenvalue weighted by Gasteiger charge is 2.30. The Kier molecular flexibility index (Phi) is 5.38. The Morgan fingerprint density at radius 3 is 2.13 bits per heavy atom. The van der Waals surface area contributed by atoms with Gasteiger partial charge < -0.3 is 14.9 Å². The second kappa shape index (κ2) is 7.98. The summed E-state index contributed by atoms with van der Waals surface area (Å²) >= 11 is 0. The summed E-state index contributed by atoms with van der Waals surface area (Å²) in [4.78, 5) is 28.8. The minimum absolute atomic E-state index is 0.0605. The summed E-state index contributed by atoms with van der Waals surface area (Å²) in [6.07, 6.45) is 0.577. The molecule has 2 aliphatic heterocycles. The molecule has 30 heavy (non-hydrogen) atoms. The number of nitrogens with zero attached hydrogens (tertiary/aromatic N) is 3. The molecule has 1 N–H and O–H groups in total. The number of anilines is 1. The van der Waals surface area contributed by atoms with Crippen LogP contribution in [0, 0.1) is 0 Å². The first-order chi connectivity index (χ1) is 14.4. The van der Waals surface area contributed by atoms with Crippen LogP contribution in [0.2, 0.25) is 0 Å². The van der Waals surface area contributed by atoms with Crippen LogP contribution in [0.1, 0.15) is 27.1 Å². The van der Waals surface area contributed by atoms with Crippen LogP contribution in [-0.4, -0.2) is 73.6 Å². The first kappa shape index (κ1) is 20.2. The number of benzene rings is 2. The first-order valence-corrected chi connectivity index (χ1v) is 11.4. The number of phenolic OH excluding ortho intramolecular Hbond substituents is 1. The van der Waals surface area contributed by atoms with Crippen LogP contribution in [-0.2, 0) is 10.0 Å². The lowest BCUT2D eigenvalue weighted by molar-refractivity contribution is 0.0533. The van der Waals surface area contributed by atoms with Crippen LogP contribution in [0.15, 0.2) is 48.5 Å². The van der Waals surface area contributed by atoms with Crippen molar-refractivity contribution in [1.82, 2.24) is 9.80 Å². The van der Waals surface area contributed by atoms with Crippen LogP contribution in [0.5, 0.6) is 5.75 Å². The molecule has 0 bridgehead atoms. The summed E-state index contributed by atoms with van der Waals surface area (Å²) in [5.74, 6) is -0.391. The topological polar surface area (TPSA) is 98.2 Å². The molecule has 8 nitrogen and oxygen atoms in total. The number of piperazine rings is 1. The number of para-hydroxylation sites is 1. The van der Waals surface area contributed by atoms with Crippen molar-refractivity contribution >= 4 is 27.5 Å². The summed E-state index contributed by atoms with van der Waals surface area (Å²) in [6.45, 7) is 1.88. The van der Waals surface area contributed by atoms with E-state index in [1.165, 1.54) is 10.4 Å². The van der Waals surface area contributed by atoms with Crippen LogP contribution >= 0.6 is 0 Å². The van der Waals surface area contributed by atoms with E-state index in [9.17, 15) is 23.1 Å². The fourth-order valence-electron chi connectivity index (χ4n) is 3.84. The van der Waals surface area contributed by atoms with Crippen molar-refractivity contribution < 1.29 is 23.1 Å². The normalized spacial score (nSPS) is 18.5. The Labute approximate surface area is 175 Å². The van der Waals surface area contributed by atoms with E-state index in [-0.39, 0.29) is 28.9 Å². The van der Waals surface area contributed by atoms with Gasteiger partial charge in [0.05, 0.1) is 17.0 Å². The predicted molar refractivity (Wildman–Crippen MR) is 112 cm³/mol. The highest BCUT2D eigenvalue weighted by molar-refractivity contribution is 7.93. The zero-order valence-electron chi connectivity index (χ0n) is 16.4.